The first-order valence-corrected chi connectivity index (χ1v) is 7.28. The molecule has 0 unspecified atom stereocenters. The van der Waals surface area contributed by atoms with Crippen LogP contribution in [-0.4, -0.2) is 26.3 Å². The molecule has 0 amide bonds. The summed E-state index contributed by atoms with van der Waals surface area (Å²) in [7, 11) is 1.66. The molecule has 18 heavy (non-hydrogen) atoms. The molecule has 2 rings (SSSR count). The van der Waals surface area contributed by atoms with Gasteiger partial charge in [-0.2, -0.15) is 0 Å². The van der Waals surface area contributed by atoms with Crippen LogP contribution in [0.2, 0.25) is 0 Å². The minimum Gasteiger partial charge on any atom is -0.497 e. The van der Waals surface area contributed by atoms with E-state index in [0.717, 1.165) is 41.6 Å². The van der Waals surface area contributed by atoms with E-state index in [0.29, 0.717) is 0 Å². The quantitative estimate of drug-likeness (QED) is 0.746. The molecular weight excluding hydrogens is 294 g/mol. The minimum atomic E-state index is 0.761. The summed E-state index contributed by atoms with van der Waals surface area (Å²) in [4.78, 5) is 0. The number of ether oxygens (including phenoxy) is 2. The molecular formula is C14H20BrNO2. The third-order valence-corrected chi connectivity index (χ3v) is 3.60. The highest BCUT2D eigenvalue weighted by atomic mass is 79.9. The summed E-state index contributed by atoms with van der Waals surface area (Å²) in [6, 6.07) is 6.58. The van der Waals surface area contributed by atoms with Gasteiger partial charge in [-0.05, 0) is 66.4 Å². The minimum absolute atomic E-state index is 0.761. The zero-order valence-corrected chi connectivity index (χ0v) is 12.3. The van der Waals surface area contributed by atoms with Gasteiger partial charge in [0.2, 0.25) is 0 Å². The molecule has 1 aromatic carbocycles. The lowest BCUT2D eigenvalue weighted by molar-refractivity contribution is 0.303. The molecule has 0 saturated heterocycles. The van der Waals surface area contributed by atoms with E-state index in [2.05, 4.69) is 21.2 Å². The summed E-state index contributed by atoms with van der Waals surface area (Å²) in [5.74, 6) is 1.72. The Morgan fingerprint density at radius 3 is 2.83 bits per heavy atom. The number of hydrogen-bond donors (Lipinski definition) is 1. The Bertz CT molecular complexity index is 380. The monoisotopic (exact) mass is 313 g/mol. The molecule has 1 N–H and O–H groups in total. The first kappa shape index (κ1) is 13.7. The third kappa shape index (κ3) is 4.50. The van der Waals surface area contributed by atoms with Crippen molar-refractivity contribution in [2.75, 3.05) is 20.3 Å². The molecule has 0 aromatic heterocycles. The summed E-state index contributed by atoms with van der Waals surface area (Å²) in [5.41, 5.74) is 0. The van der Waals surface area contributed by atoms with Crippen LogP contribution < -0.4 is 14.8 Å². The van der Waals surface area contributed by atoms with Crippen LogP contribution in [0.25, 0.3) is 0 Å². The summed E-state index contributed by atoms with van der Waals surface area (Å²) in [5, 5.41) is 3.50. The molecule has 3 nitrogen and oxygen atoms in total. The van der Waals surface area contributed by atoms with Crippen molar-refractivity contribution in [2.24, 2.45) is 0 Å². The topological polar surface area (TPSA) is 30.5 Å². The second-order valence-electron chi connectivity index (χ2n) is 4.58. The Morgan fingerprint density at radius 2 is 2.17 bits per heavy atom. The molecule has 100 valence electrons. The fourth-order valence-electron chi connectivity index (χ4n) is 1.73. The summed E-state index contributed by atoms with van der Waals surface area (Å²) in [6.07, 6.45) is 4.97. The van der Waals surface area contributed by atoms with Gasteiger partial charge in [0, 0.05) is 6.04 Å². The van der Waals surface area contributed by atoms with Crippen LogP contribution in [0.5, 0.6) is 11.5 Å². The molecule has 1 saturated carbocycles. The average Bonchev–Trinajstić information content (AvgIpc) is 3.19. The van der Waals surface area contributed by atoms with E-state index in [1.807, 2.05) is 18.2 Å². The maximum Gasteiger partial charge on any atom is 0.133 e. The number of methoxy groups -OCH3 is 1. The predicted molar refractivity (Wildman–Crippen MR) is 76.4 cm³/mol. The van der Waals surface area contributed by atoms with E-state index in [9.17, 15) is 0 Å². The first-order valence-electron chi connectivity index (χ1n) is 6.49. The number of hydrogen-bond acceptors (Lipinski definition) is 3. The molecule has 1 aliphatic carbocycles. The van der Waals surface area contributed by atoms with Crippen LogP contribution in [-0.2, 0) is 0 Å². The second-order valence-corrected chi connectivity index (χ2v) is 5.43. The largest absolute Gasteiger partial charge is 0.497 e. The van der Waals surface area contributed by atoms with Crippen LogP contribution in [0.1, 0.15) is 25.7 Å². The smallest absolute Gasteiger partial charge is 0.133 e. The van der Waals surface area contributed by atoms with Gasteiger partial charge in [0.1, 0.15) is 11.5 Å². The number of nitrogens with one attached hydrogen (secondary N) is 1. The van der Waals surface area contributed by atoms with E-state index in [4.69, 9.17) is 9.47 Å². The Labute approximate surface area is 117 Å². The van der Waals surface area contributed by atoms with E-state index in [1.54, 1.807) is 7.11 Å². The third-order valence-electron chi connectivity index (χ3n) is 2.98. The molecule has 1 aliphatic rings. The van der Waals surface area contributed by atoms with E-state index in [1.165, 1.54) is 19.3 Å². The van der Waals surface area contributed by atoms with E-state index >= 15 is 0 Å². The summed E-state index contributed by atoms with van der Waals surface area (Å²) >= 11 is 3.48. The maximum absolute atomic E-state index is 5.73. The van der Waals surface area contributed by atoms with Gasteiger partial charge >= 0.3 is 0 Å². The first-order chi connectivity index (χ1) is 8.79. The molecule has 0 bridgehead atoms. The molecule has 4 heteroatoms. The number of halogens is 1. The van der Waals surface area contributed by atoms with Gasteiger partial charge in [0.15, 0.2) is 0 Å². The van der Waals surface area contributed by atoms with Crippen molar-refractivity contribution >= 4 is 15.9 Å². The molecule has 0 aliphatic heterocycles. The number of unbranched alkanes of at least 4 members (excludes halogenated alkanes) is 1. The fraction of sp³-hybridized carbons (Fsp3) is 0.571. The molecule has 0 atom stereocenters. The zero-order valence-electron chi connectivity index (χ0n) is 10.7. The Hall–Kier alpha value is -0.740. The highest BCUT2D eigenvalue weighted by Crippen LogP contribution is 2.29. The number of rotatable bonds is 8. The van der Waals surface area contributed by atoms with Crippen molar-refractivity contribution in [3.05, 3.63) is 22.7 Å². The lowest BCUT2D eigenvalue weighted by atomic mass is 10.3. The van der Waals surface area contributed by atoms with Gasteiger partial charge in [0.05, 0.1) is 18.2 Å². The van der Waals surface area contributed by atoms with Crippen molar-refractivity contribution in [3.63, 3.8) is 0 Å². The fourth-order valence-corrected chi connectivity index (χ4v) is 2.20. The highest BCUT2D eigenvalue weighted by Gasteiger charge is 2.19. The maximum atomic E-state index is 5.73. The van der Waals surface area contributed by atoms with Crippen LogP contribution in [0.3, 0.4) is 0 Å². The average molecular weight is 314 g/mol. The van der Waals surface area contributed by atoms with Gasteiger partial charge in [-0.3, -0.25) is 0 Å². The molecule has 0 spiro atoms. The van der Waals surface area contributed by atoms with Crippen LogP contribution in [0.15, 0.2) is 22.7 Å². The lowest BCUT2D eigenvalue weighted by Crippen LogP contribution is -2.17. The summed E-state index contributed by atoms with van der Waals surface area (Å²) < 4.78 is 11.8. The Morgan fingerprint density at radius 1 is 1.33 bits per heavy atom. The molecule has 1 fully saturated rings. The van der Waals surface area contributed by atoms with Crippen LogP contribution in [0.4, 0.5) is 0 Å². The Balaban J connectivity index is 1.62. The van der Waals surface area contributed by atoms with Crippen molar-refractivity contribution in [1.82, 2.24) is 5.32 Å². The van der Waals surface area contributed by atoms with Gasteiger partial charge < -0.3 is 14.8 Å². The Kier molecular flexibility index (Phi) is 5.32. The van der Waals surface area contributed by atoms with Crippen LogP contribution in [0, 0.1) is 0 Å². The molecule has 0 heterocycles. The lowest BCUT2D eigenvalue weighted by Gasteiger charge is -2.09. The van der Waals surface area contributed by atoms with Gasteiger partial charge in [-0.25, -0.2) is 0 Å². The van der Waals surface area contributed by atoms with Gasteiger partial charge in [-0.1, -0.05) is 0 Å². The standard InChI is InChI=1S/C14H20BrNO2/c1-17-12-6-7-14(13(15)10-12)18-9-3-2-8-16-11-4-5-11/h6-7,10-11,16H,2-5,8-9H2,1H3. The molecule has 0 radical (unpaired) electrons. The summed E-state index contributed by atoms with van der Waals surface area (Å²) in [6.45, 7) is 1.87. The highest BCUT2D eigenvalue weighted by molar-refractivity contribution is 9.10. The van der Waals surface area contributed by atoms with Crippen molar-refractivity contribution in [3.8, 4) is 11.5 Å². The van der Waals surface area contributed by atoms with Crippen molar-refractivity contribution in [2.45, 2.75) is 31.7 Å². The second kappa shape index (κ2) is 7.00. The van der Waals surface area contributed by atoms with Crippen molar-refractivity contribution in [1.29, 1.82) is 0 Å². The van der Waals surface area contributed by atoms with Crippen molar-refractivity contribution < 1.29 is 9.47 Å². The molecule has 1 aromatic rings. The van der Waals surface area contributed by atoms with E-state index in [-0.39, 0.29) is 0 Å². The van der Waals surface area contributed by atoms with Crippen LogP contribution >= 0.6 is 15.9 Å². The number of benzene rings is 1. The SMILES string of the molecule is COc1ccc(OCCCCNC2CC2)c(Br)c1. The van der Waals surface area contributed by atoms with Gasteiger partial charge in [-0.15, -0.1) is 0 Å². The normalized spacial score (nSPS) is 14.6. The van der Waals surface area contributed by atoms with Gasteiger partial charge in [0.25, 0.3) is 0 Å². The van der Waals surface area contributed by atoms with E-state index < -0.39 is 0 Å². The predicted octanol–water partition coefficient (Wildman–Crippen LogP) is 3.37. The zero-order chi connectivity index (χ0) is 12.8.